The summed E-state index contributed by atoms with van der Waals surface area (Å²) in [5, 5.41) is 13.2. The van der Waals surface area contributed by atoms with Crippen molar-refractivity contribution in [2.24, 2.45) is 0 Å². The Morgan fingerprint density at radius 1 is 1.00 bits per heavy atom. The Morgan fingerprint density at radius 3 is 2.46 bits per heavy atom. The fraction of sp³-hybridized carbons (Fsp3) is 0. The van der Waals surface area contributed by atoms with Gasteiger partial charge in [0.25, 0.3) is 0 Å². The minimum absolute atomic E-state index is 0.442. The van der Waals surface area contributed by atoms with Crippen LogP contribution in [0.15, 0.2) is 70.5 Å². The smallest absolute Gasteiger partial charge is 0.134 e. The summed E-state index contributed by atoms with van der Waals surface area (Å²) in [4.78, 5) is 4.59. The number of hydrogen-bond acceptors (Lipinski definition) is 4. The number of aromatic nitrogens is 1. The second-order valence-electron chi connectivity index (χ2n) is 5.93. The molecule has 0 amide bonds. The van der Waals surface area contributed by atoms with Crippen LogP contribution in [0.25, 0.3) is 34.2 Å². The molecule has 6 heteroatoms. The van der Waals surface area contributed by atoms with Gasteiger partial charge in [0.2, 0.25) is 0 Å². The van der Waals surface area contributed by atoms with Crippen LogP contribution in [0.5, 0.6) is 0 Å². The summed E-state index contributed by atoms with van der Waals surface area (Å²) in [7, 11) is 0. The Bertz CT molecular complexity index is 1180. The maximum atomic E-state index is 9.59. The average Bonchev–Trinajstić information content (AvgIpc) is 3.36. The Morgan fingerprint density at radius 2 is 1.75 bits per heavy atom. The largest absolute Gasteiger partial charge is 0.457 e. The summed E-state index contributed by atoms with van der Waals surface area (Å²) < 4.78 is 5.86. The van der Waals surface area contributed by atoms with Gasteiger partial charge in [-0.05, 0) is 30.3 Å². The highest BCUT2D eigenvalue weighted by molar-refractivity contribution is 7.11. The van der Waals surface area contributed by atoms with Crippen LogP contribution in [0.3, 0.4) is 0 Å². The summed E-state index contributed by atoms with van der Waals surface area (Å²) in [6.07, 6.45) is 1.68. The second kappa shape index (κ2) is 8.04. The van der Waals surface area contributed by atoms with Gasteiger partial charge in [-0.25, -0.2) is 4.98 Å². The van der Waals surface area contributed by atoms with Gasteiger partial charge in [-0.3, -0.25) is 0 Å². The first-order chi connectivity index (χ1) is 13.6. The van der Waals surface area contributed by atoms with Gasteiger partial charge in [-0.15, -0.1) is 11.3 Å². The highest BCUT2D eigenvalue weighted by Gasteiger charge is 2.11. The number of hydrogen-bond donors (Lipinski definition) is 0. The molecule has 0 atom stereocenters. The van der Waals surface area contributed by atoms with Crippen LogP contribution >= 0.6 is 34.5 Å². The van der Waals surface area contributed by atoms with E-state index in [1.807, 2.05) is 41.8 Å². The molecule has 0 aliphatic carbocycles. The van der Waals surface area contributed by atoms with Crippen molar-refractivity contribution in [2.45, 2.75) is 0 Å². The van der Waals surface area contributed by atoms with E-state index in [0.29, 0.717) is 32.1 Å². The number of benzene rings is 2. The molecule has 28 heavy (non-hydrogen) atoms. The Kier molecular flexibility index (Phi) is 5.31. The van der Waals surface area contributed by atoms with Crippen molar-refractivity contribution in [1.82, 2.24) is 4.98 Å². The molecule has 2 aromatic heterocycles. The maximum absolute atomic E-state index is 9.59. The molecular formula is C22H12Cl2N2OS. The molecule has 0 aliphatic heterocycles. The fourth-order valence-corrected chi connectivity index (χ4v) is 4.03. The second-order valence-corrected chi connectivity index (χ2v) is 7.66. The van der Waals surface area contributed by atoms with Crippen LogP contribution in [0.2, 0.25) is 10.0 Å². The summed E-state index contributed by atoms with van der Waals surface area (Å²) in [5.41, 5.74) is 3.07. The predicted octanol–water partition coefficient (Wildman–Crippen LogP) is 7.44. The van der Waals surface area contributed by atoms with Crippen LogP contribution in [0, 0.1) is 11.3 Å². The number of halogens is 2. The highest BCUT2D eigenvalue weighted by Crippen LogP contribution is 2.31. The van der Waals surface area contributed by atoms with Gasteiger partial charge in [0.05, 0.1) is 11.3 Å². The number of nitrogens with zero attached hydrogens (tertiary/aromatic N) is 2. The van der Waals surface area contributed by atoms with Gasteiger partial charge < -0.3 is 4.42 Å². The van der Waals surface area contributed by atoms with Crippen LogP contribution in [0.1, 0.15) is 10.8 Å². The van der Waals surface area contributed by atoms with Gasteiger partial charge in [-0.1, -0.05) is 53.5 Å². The molecule has 0 spiro atoms. The van der Waals surface area contributed by atoms with E-state index in [1.54, 1.807) is 30.3 Å². The first-order valence-electron chi connectivity index (χ1n) is 8.32. The number of furan rings is 1. The number of nitriles is 1. The standard InChI is InChI=1S/C22H12Cl2N2OS/c23-17-8-15(9-18(24)11-17)21-7-6-19(27-21)10-16(12-25)22-26-20(13-28-22)14-4-2-1-3-5-14/h1-11,13H/b16-10+. The minimum Gasteiger partial charge on any atom is -0.457 e. The zero-order chi connectivity index (χ0) is 19.5. The SMILES string of the molecule is N#C/C(=C\c1ccc(-c2cc(Cl)cc(Cl)c2)o1)c1nc(-c2ccccc2)cs1. The van der Waals surface area contributed by atoms with Crippen LogP contribution in [0.4, 0.5) is 0 Å². The maximum Gasteiger partial charge on any atom is 0.134 e. The lowest BCUT2D eigenvalue weighted by atomic mass is 10.2. The Hall–Kier alpha value is -2.84. The number of thiazole rings is 1. The van der Waals surface area contributed by atoms with Crippen molar-refractivity contribution in [3.8, 4) is 28.7 Å². The molecule has 136 valence electrons. The lowest BCUT2D eigenvalue weighted by molar-refractivity contribution is 0.572. The molecule has 2 heterocycles. The molecule has 4 aromatic rings. The van der Waals surface area contributed by atoms with Crippen LogP contribution < -0.4 is 0 Å². The monoisotopic (exact) mass is 422 g/mol. The highest BCUT2D eigenvalue weighted by atomic mass is 35.5. The third-order valence-corrected chi connectivity index (χ3v) is 5.30. The Balaban J connectivity index is 1.64. The van der Waals surface area contributed by atoms with Crippen molar-refractivity contribution >= 4 is 46.2 Å². The molecule has 0 saturated heterocycles. The normalized spacial score (nSPS) is 11.4. The molecule has 0 N–H and O–H groups in total. The van der Waals surface area contributed by atoms with E-state index in [1.165, 1.54) is 11.3 Å². The molecule has 0 unspecified atom stereocenters. The van der Waals surface area contributed by atoms with Crippen molar-refractivity contribution in [3.63, 3.8) is 0 Å². The first kappa shape index (κ1) is 18.5. The number of rotatable bonds is 4. The molecule has 4 rings (SSSR count). The van der Waals surface area contributed by atoms with Crippen molar-refractivity contribution < 1.29 is 4.42 Å². The van der Waals surface area contributed by atoms with E-state index in [2.05, 4.69) is 11.1 Å². The molecule has 2 aromatic carbocycles. The van der Waals surface area contributed by atoms with Gasteiger partial charge in [-0.2, -0.15) is 5.26 Å². The van der Waals surface area contributed by atoms with E-state index in [9.17, 15) is 5.26 Å². The first-order valence-corrected chi connectivity index (χ1v) is 9.95. The molecule has 0 aliphatic rings. The van der Waals surface area contributed by atoms with E-state index in [-0.39, 0.29) is 0 Å². The lowest BCUT2D eigenvalue weighted by Gasteiger charge is -1.99. The van der Waals surface area contributed by atoms with Crippen molar-refractivity contribution in [1.29, 1.82) is 5.26 Å². The third kappa shape index (κ3) is 4.02. The molecular weight excluding hydrogens is 411 g/mol. The summed E-state index contributed by atoms with van der Waals surface area (Å²) >= 11 is 13.5. The summed E-state index contributed by atoms with van der Waals surface area (Å²) in [6.45, 7) is 0. The van der Waals surface area contributed by atoms with E-state index < -0.39 is 0 Å². The minimum atomic E-state index is 0.442. The van der Waals surface area contributed by atoms with Crippen LogP contribution in [-0.2, 0) is 0 Å². The molecule has 0 saturated carbocycles. The van der Waals surface area contributed by atoms with Gasteiger partial charge in [0.15, 0.2) is 0 Å². The van der Waals surface area contributed by atoms with E-state index >= 15 is 0 Å². The summed E-state index contributed by atoms with van der Waals surface area (Å²) in [5.74, 6) is 1.18. The van der Waals surface area contributed by atoms with Crippen LogP contribution in [-0.4, -0.2) is 4.98 Å². The lowest BCUT2D eigenvalue weighted by Crippen LogP contribution is -1.82. The van der Waals surface area contributed by atoms with Crippen molar-refractivity contribution in [3.05, 3.63) is 86.9 Å². The van der Waals surface area contributed by atoms with Gasteiger partial charge in [0, 0.05) is 32.6 Å². The van der Waals surface area contributed by atoms with E-state index in [0.717, 1.165) is 16.8 Å². The quantitative estimate of drug-likeness (QED) is 0.321. The fourth-order valence-electron chi connectivity index (χ4n) is 2.70. The molecule has 0 bridgehead atoms. The zero-order valence-corrected chi connectivity index (χ0v) is 16.7. The molecule has 0 fully saturated rings. The zero-order valence-electron chi connectivity index (χ0n) is 14.4. The van der Waals surface area contributed by atoms with Gasteiger partial charge in [0.1, 0.15) is 22.6 Å². The predicted molar refractivity (Wildman–Crippen MR) is 115 cm³/mol. The number of allylic oxidation sites excluding steroid dienone is 1. The topological polar surface area (TPSA) is 49.8 Å². The van der Waals surface area contributed by atoms with E-state index in [4.69, 9.17) is 27.6 Å². The molecule has 0 radical (unpaired) electrons. The summed E-state index contributed by atoms with van der Waals surface area (Å²) in [6, 6.07) is 20.9. The van der Waals surface area contributed by atoms with Crippen molar-refractivity contribution in [2.75, 3.05) is 0 Å². The molecule has 3 nitrogen and oxygen atoms in total. The average molecular weight is 423 g/mol. The van der Waals surface area contributed by atoms with Gasteiger partial charge >= 0.3 is 0 Å². The third-order valence-electron chi connectivity index (χ3n) is 3.99. The Labute approximate surface area is 176 Å².